The number of carbonyl (C=O) groups is 2. The molecule has 0 aromatic heterocycles. The van der Waals surface area contributed by atoms with E-state index >= 15 is 0 Å². The molecule has 0 aromatic carbocycles. The summed E-state index contributed by atoms with van der Waals surface area (Å²) in [5.41, 5.74) is 4.59. The SMILES string of the molecule is CC1(C[C@H](N)C(=O)O)C=NC(=O)N1. The average molecular weight is 185 g/mol. The number of carboxylic acid groups (broad SMARTS) is 1. The fourth-order valence-corrected chi connectivity index (χ4v) is 1.16. The molecule has 4 N–H and O–H groups in total. The second-order valence-corrected chi connectivity index (χ2v) is 3.25. The molecule has 0 saturated heterocycles. The maximum atomic E-state index is 10.7. The van der Waals surface area contributed by atoms with Gasteiger partial charge in [-0.2, -0.15) is 0 Å². The number of nitrogens with zero attached hydrogens (tertiary/aromatic N) is 1. The number of nitrogens with two attached hydrogens (primary N) is 1. The number of aliphatic carboxylic acids is 1. The maximum absolute atomic E-state index is 10.7. The van der Waals surface area contributed by atoms with E-state index in [2.05, 4.69) is 10.3 Å². The molecule has 1 unspecified atom stereocenters. The van der Waals surface area contributed by atoms with Gasteiger partial charge in [0.05, 0.1) is 5.54 Å². The van der Waals surface area contributed by atoms with Gasteiger partial charge in [-0.25, -0.2) is 9.79 Å². The zero-order chi connectivity index (χ0) is 10.1. The van der Waals surface area contributed by atoms with Crippen LogP contribution in [-0.2, 0) is 4.79 Å². The monoisotopic (exact) mass is 185 g/mol. The highest BCUT2D eigenvalue weighted by molar-refractivity contribution is 5.95. The number of rotatable bonds is 3. The Balaban J connectivity index is 2.59. The standard InChI is InChI=1S/C7H11N3O3/c1-7(2-4(8)5(11)12)3-9-6(13)10-7/h3-4H,2,8H2,1H3,(H,10,13)(H,11,12)/t4-,7?/m0/s1. The summed E-state index contributed by atoms with van der Waals surface area (Å²) < 4.78 is 0. The molecule has 0 spiro atoms. The van der Waals surface area contributed by atoms with Gasteiger partial charge in [-0.3, -0.25) is 4.79 Å². The third-order valence-electron chi connectivity index (χ3n) is 1.82. The van der Waals surface area contributed by atoms with Crippen molar-refractivity contribution in [2.75, 3.05) is 0 Å². The number of amides is 2. The summed E-state index contributed by atoms with van der Waals surface area (Å²) in [7, 11) is 0. The molecule has 0 fully saturated rings. The van der Waals surface area contributed by atoms with Gasteiger partial charge < -0.3 is 16.2 Å². The van der Waals surface area contributed by atoms with Crippen LogP contribution in [0.4, 0.5) is 4.79 Å². The molecule has 72 valence electrons. The number of hydrogen-bond donors (Lipinski definition) is 3. The van der Waals surface area contributed by atoms with Gasteiger partial charge in [-0.1, -0.05) is 0 Å². The first kappa shape index (κ1) is 9.66. The van der Waals surface area contributed by atoms with Crippen LogP contribution in [0.5, 0.6) is 0 Å². The summed E-state index contributed by atoms with van der Waals surface area (Å²) in [5.74, 6) is -1.09. The number of hydrogen-bond acceptors (Lipinski definition) is 3. The van der Waals surface area contributed by atoms with Crippen molar-refractivity contribution in [3.05, 3.63) is 0 Å². The minimum Gasteiger partial charge on any atom is -0.480 e. The van der Waals surface area contributed by atoms with E-state index in [0.717, 1.165) is 0 Å². The van der Waals surface area contributed by atoms with Crippen molar-refractivity contribution in [3.63, 3.8) is 0 Å². The number of urea groups is 1. The molecule has 0 aromatic rings. The van der Waals surface area contributed by atoms with Crippen molar-refractivity contribution in [2.24, 2.45) is 10.7 Å². The normalized spacial score (nSPS) is 28.6. The third kappa shape index (κ3) is 2.25. The van der Waals surface area contributed by atoms with Crippen LogP contribution in [0.3, 0.4) is 0 Å². The number of carboxylic acids is 1. The second-order valence-electron chi connectivity index (χ2n) is 3.25. The highest BCUT2D eigenvalue weighted by Gasteiger charge is 2.33. The van der Waals surface area contributed by atoms with Crippen molar-refractivity contribution >= 4 is 18.2 Å². The van der Waals surface area contributed by atoms with Gasteiger partial charge in [0.1, 0.15) is 6.04 Å². The van der Waals surface area contributed by atoms with Crippen molar-refractivity contribution < 1.29 is 14.7 Å². The second kappa shape index (κ2) is 3.14. The van der Waals surface area contributed by atoms with E-state index in [-0.39, 0.29) is 6.42 Å². The molecule has 2 atom stereocenters. The summed E-state index contributed by atoms with van der Waals surface area (Å²) in [4.78, 5) is 24.6. The van der Waals surface area contributed by atoms with Crippen LogP contribution >= 0.6 is 0 Å². The summed E-state index contributed by atoms with van der Waals surface area (Å²) in [5, 5.41) is 11.1. The van der Waals surface area contributed by atoms with Gasteiger partial charge in [0, 0.05) is 12.6 Å². The first-order valence-electron chi connectivity index (χ1n) is 3.79. The fraction of sp³-hybridized carbons (Fsp3) is 0.571. The van der Waals surface area contributed by atoms with Crippen molar-refractivity contribution in [1.29, 1.82) is 0 Å². The Labute approximate surface area is 74.8 Å². The van der Waals surface area contributed by atoms with E-state index in [4.69, 9.17) is 10.8 Å². The predicted octanol–water partition coefficient (Wildman–Crippen LogP) is -0.659. The van der Waals surface area contributed by atoms with Crippen LogP contribution in [0, 0.1) is 0 Å². The van der Waals surface area contributed by atoms with Crippen molar-refractivity contribution in [1.82, 2.24) is 5.32 Å². The minimum atomic E-state index is -1.09. The lowest BCUT2D eigenvalue weighted by molar-refractivity contribution is -0.138. The van der Waals surface area contributed by atoms with E-state index in [1.165, 1.54) is 6.21 Å². The summed E-state index contributed by atoms with van der Waals surface area (Å²) >= 11 is 0. The topological polar surface area (TPSA) is 105 Å². The molecular formula is C7H11N3O3. The summed E-state index contributed by atoms with van der Waals surface area (Å²) in [6.07, 6.45) is 1.52. The van der Waals surface area contributed by atoms with E-state index in [9.17, 15) is 9.59 Å². The number of nitrogens with one attached hydrogen (secondary N) is 1. The molecule has 0 aliphatic carbocycles. The highest BCUT2D eigenvalue weighted by Crippen LogP contribution is 2.13. The Hall–Kier alpha value is -1.43. The van der Waals surface area contributed by atoms with E-state index < -0.39 is 23.6 Å². The molecule has 1 heterocycles. The average Bonchev–Trinajstić information content (AvgIpc) is 2.30. The summed E-state index contributed by atoms with van der Waals surface area (Å²) in [6.45, 7) is 1.67. The highest BCUT2D eigenvalue weighted by atomic mass is 16.4. The zero-order valence-electron chi connectivity index (χ0n) is 7.15. The molecule has 0 saturated carbocycles. The lowest BCUT2D eigenvalue weighted by Gasteiger charge is -2.22. The molecular weight excluding hydrogens is 174 g/mol. The van der Waals surface area contributed by atoms with E-state index in [0.29, 0.717) is 0 Å². The lowest BCUT2D eigenvalue weighted by Crippen LogP contribution is -2.47. The van der Waals surface area contributed by atoms with Gasteiger partial charge in [0.25, 0.3) is 0 Å². The smallest absolute Gasteiger partial charge is 0.341 e. The first-order chi connectivity index (χ1) is 5.93. The van der Waals surface area contributed by atoms with Crippen LogP contribution in [0.15, 0.2) is 4.99 Å². The Morgan fingerprint density at radius 2 is 2.54 bits per heavy atom. The largest absolute Gasteiger partial charge is 0.480 e. The minimum absolute atomic E-state index is 0.136. The first-order valence-corrected chi connectivity index (χ1v) is 3.79. The number of aliphatic imine (C=N–C) groups is 1. The Morgan fingerprint density at radius 3 is 2.92 bits per heavy atom. The number of carbonyl (C=O) groups excluding carboxylic acids is 1. The van der Waals surface area contributed by atoms with Crippen LogP contribution in [0.1, 0.15) is 13.3 Å². The van der Waals surface area contributed by atoms with Gasteiger partial charge in [-0.05, 0) is 6.92 Å². The third-order valence-corrected chi connectivity index (χ3v) is 1.82. The molecule has 2 amide bonds. The van der Waals surface area contributed by atoms with Crippen molar-refractivity contribution in [3.8, 4) is 0 Å². The molecule has 0 bridgehead atoms. The molecule has 1 rings (SSSR count). The van der Waals surface area contributed by atoms with Gasteiger partial charge in [-0.15, -0.1) is 0 Å². The van der Waals surface area contributed by atoms with Crippen LogP contribution in [0.2, 0.25) is 0 Å². The van der Waals surface area contributed by atoms with Crippen LogP contribution in [-0.4, -0.2) is 34.9 Å². The van der Waals surface area contributed by atoms with E-state index in [1.54, 1.807) is 6.92 Å². The molecule has 6 heteroatoms. The zero-order valence-corrected chi connectivity index (χ0v) is 7.15. The lowest BCUT2D eigenvalue weighted by atomic mass is 9.95. The van der Waals surface area contributed by atoms with E-state index in [1.807, 2.05) is 0 Å². The van der Waals surface area contributed by atoms with Gasteiger partial charge in [0.15, 0.2) is 0 Å². The van der Waals surface area contributed by atoms with Crippen molar-refractivity contribution in [2.45, 2.75) is 24.9 Å². The molecule has 1 aliphatic heterocycles. The maximum Gasteiger partial charge on any atom is 0.341 e. The molecule has 13 heavy (non-hydrogen) atoms. The summed E-state index contributed by atoms with van der Waals surface area (Å²) in [6, 6.07) is -1.45. The van der Waals surface area contributed by atoms with Gasteiger partial charge in [0.2, 0.25) is 0 Å². The van der Waals surface area contributed by atoms with Crippen LogP contribution in [0.25, 0.3) is 0 Å². The quantitative estimate of drug-likeness (QED) is 0.542. The predicted molar refractivity (Wildman–Crippen MR) is 45.7 cm³/mol. The Bertz CT molecular complexity index is 276. The van der Waals surface area contributed by atoms with Gasteiger partial charge >= 0.3 is 12.0 Å². The molecule has 1 aliphatic rings. The Morgan fingerprint density at radius 1 is 1.92 bits per heavy atom. The van der Waals surface area contributed by atoms with Crippen LogP contribution < -0.4 is 11.1 Å². The fourth-order valence-electron chi connectivity index (χ4n) is 1.16. The Kier molecular flexibility index (Phi) is 2.33. The molecule has 6 nitrogen and oxygen atoms in total. The molecule has 0 radical (unpaired) electrons.